The highest BCUT2D eigenvalue weighted by atomic mass is 16.2. The second kappa shape index (κ2) is 8.86. The summed E-state index contributed by atoms with van der Waals surface area (Å²) in [5, 5.41) is 5.77. The summed E-state index contributed by atoms with van der Waals surface area (Å²) >= 11 is 0. The van der Waals surface area contributed by atoms with Gasteiger partial charge in [-0.05, 0) is 48.0 Å². The summed E-state index contributed by atoms with van der Waals surface area (Å²) in [4.78, 5) is 26.8. The van der Waals surface area contributed by atoms with Gasteiger partial charge in [0.15, 0.2) is 0 Å². The number of nitrogens with one attached hydrogen (secondary N) is 2. The predicted molar refractivity (Wildman–Crippen MR) is 113 cm³/mol. The van der Waals surface area contributed by atoms with Gasteiger partial charge in [-0.2, -0.15) is 0 Å². The molecule has 0 saturated carbocycles. The Bertz CT molecular complexity index is 968. The van der Waals surface area contributed by atoms with Gasteiger partial charge >= 0.3 is 0 Å². The van der Waals surface area contributed by atoms with E-state index in [0.29, 0.717) is 17.7 Å². The molecule has 5 nitrogen and oxygen atoms in total. The first-order valence-electron chi connectivity index (χ1n) is 9.04. The van der Waals surface area contributed by atoms with Crippen LogP contribution >= 0.6 is 0 Å². The molecule has 2 amide bonds. The first-order chi connectivity index (χ1) is 13.5. The average Bonchev–Trinajstić information content (AvgIpc) is 2.73. The lowest BCUT2D eigenvalue weighted by atomic mass is 10.1. The molecule has 0 fully saturated rings. The van der Waals surface area contributed by atoms with Crippen molar-refractivity contribution in [3.8, 4) is 0 Å². The predicted octanol–water partition coefficient (Wildman–Crippen LogP) is 3.93. The van der Waals surface area contributed by atoms with Gasteiger partial charge < -0.3 is 15.5 Å². The van der Waals surface area contributed by atoms with Gasteiger partial charge in [0.25, 0.3) is 11.8 Å². The molecule has 3 aromatic rings. The van der Waals surface area contributed by atoms with E-state index in [1.807, 2.05) is 79.7 Å². The lowest BCUT2D eigenvalue weighted by Gasteiger charge is -2.13. The van der Waals surface area contributed by atoms with Crippen LogP contribution in [0.2, 0.25) is 0 Å². The topological polar surface area (TPSA) is 61.4 Å². The number of nitrogens with zero attached hydrogens (tertiary/aromatic N) is 1. The molecule has 3 aromatic carbocycles. The van der Waals surface area contributed by atoms with Crippen molar-refractivity contribution >= 4 is 23.2 Å². The Morgan fingerprint density at radius 3 is 2.18 bits per heavy atom. The smallest absolute Gasteiger partial charge is 0.255 e. The second-order valence-electron chi connectivity index (χ2n) is 6.65. The normalized spacial score (nSPS) is 10.2. The third-order valence-electron chi connectivity index (χ3n) is 4.30. The van der Waals surface area contributed by atoms with E-state index in [9.17, 15) is 9.59 Å². The fourth-order valence-electron chi connectivity index (χ4n) is 2.76. The molecule has 0 heterocycles. The van der Waals surface area contributed by atoms with Crippen LogP contribution in [-0.2, 0) is 6.54 Å². The van der Waals surface area contributed by atoms with Crippen LogP contribution in [0.1, 0.15) is 26.3 Å². The summed E-state index contributed by atoms with van der Waals surface area (Å²) in [5.41, 5.74) is 3.71. The number of hydrogen-bond donors (Lipinski definition) is 2. The largest absolute Gasteiger partial charge is 0.378 e. The van der Waals surface area contributed by atoms with Gasteiger partial charge in [-0.25, -0.2) is 0 Å². The van der Waals surface area contributed by atoms with Crippen molar-refractivity contribution in [2.24, 2.45) is 0 Å². The standard InChI is InChI=1S/C23H23N3O2/c1-26(2)21-13-7-10-19(15-21)22(27)24-16-17-8-6-9-18(14-17)23(28)25-20-11-4-3-5-12-20/h3-15H,16H2,1-2H3,(H,24,27)(H,25,28). The lowest BCUT2D eigenvalue weighted by molar-refractivity contribution is 0.0950. The Morgan fingerprint density at radius 2 is 1.46 bits per heavy atom. The van der Waals surface area contributed by atoms with Crippen LogP contribution in [-0.4, -0.2) is 25.9 Å². The lowest BCUT2D eigenvalue weighted by Crippen LogP contribution is -2.23. The quantitative estimate of drug-likeness (QED) is 0.688. The number of amides is 2. The van der Waals surface area contributed by atoms with E-state index in [-0.39, 0.29) is 11.8 Å². The number of rotatable bonds is 6. The molecule has 3 rings (SSSR count). The van der Waals surface area contributed by atoms with E-state index >= 15 is 0 Å². The highest BCUT2D eigenvalue weighted by Crippen LogP contribution is 2.14. The molecule has 0 saturated heterocycles. The van der Waals surface area contributed by atoms with Crippen LogP contribution in [0.3, 0.4) is 0 Å². The maximum Gasteiger partial charge on any atom is 0.255 e. The van der Waals surface area contributed by atoms with Crippen LogP contribution in [0.4, 0.5) is 11.4 Å². The van der Waals surface area contributed by atoms with Crippen molar-refractivity contribution < 1.29 is 9.59 Å². The van der Waals surface area contributed by atoms with Gasteiger partial charge in [0.2, 0.25) is 0 Å². The van der Waals surface area contributed by atoms with Crippen molar-refractivity contribution in [1.82, 2.24) is 5.32 Å². The zero-order valence-electron chi connectivity index (χ0n) is 16.0. The van der Waals surface area contributed by atoms with Gasteiger partial charge in [-0.3, -0.25) is 9.59 Å². The number of anilines is 2. The number of carbonyl (C=O) groups is 2. The summed E-state index contributed by atoms with van der Waals surface area (Å²) < 4.78 is 0. The molecule has 0 aliphatic carbocycles. The Hall–Kier alpha value is -3.60. The third-order valence-corrected chi connectivity index (χ3v) is 4.30. The second-order valence-corrected chi connectivity index (χ2v) is 6.65. The molecular weight excluding hydrogens is 350 g/mol. The van der Waals surface area contributed by atoms with Crippen LogP contribution < -0.4 is 15.5 Å². The maximum absolute atomic E-state index is 12.4. The average molecular weight is 373 g/mol. The summed E-state index contributed by atoms with van der Waals surface area (Å²) in [5.74, 6) is -0.332. The fraction of sp³-hybridized carbons (Fsp3) is 0.130. The van der Waals surface area contributed by atoms with Crippen molar-refractivity contribution in [3.05, 3.63) is 95.6 Å². The Balaban J connectivity index is 1.64. The van der Waals surface area contributed by atoms with Crippen LogP contribution in [0.15, 0.2) is 78.9 Å². The monoisotopic (exact) mass is 373 g/mol. The Labute approximate surface area is 165 Å². The van der Waals surface area contributed by atoms with Gasteiger partial charge in [0, 0.05) is 43.1 Å². The van der Waals surface area contributed by atoms with Crippen molar-refractivity contribution in [3.63, 3.8) is 0 Å². The highest BCUT2D eigenvalue weighted by Gasteiger charge is 2.09. The van der Waals surface area contributed by atoms with Gasteiger partial charge in [-0.1, -0.05) is 36.4 Å². The van der Waals surface area contributed by atoms with E-state index in [2.05, 4.69) is 10.6 Å². The third kappa shape index (κ3) is 4.98. The number of carbonyl (C=O) groups excluding carboxylic acids is 2. The van der Waals surface area contributed by atoms with Crippen molar-refractivity contribution in [1.29, 1.82) is 0 Å². The first-order valence-corrected chi connectivity index (χ1v) is 9.04. The summed E-state index contributed by atoms with van der Waals surface area (Å²) in [6, 6.07) is 24.0. The van der Waals surface area contributed by atoms with E-state index in [1.54, 1.807) is 18.2 Å². The van der Waals surface area contributed by atoms with Gasteiger partial charge in [-0.15, -0.1) is 0 Å². The molecule has 0 aliphatic heterocycles. The SMILES string of the molecule is CN(C)c1cccc(C(=O)NCc2cccc(C(=O)Nc3ccccc3)c2)c1. The molecular formula is C23H23N3O2. The molecule has 142 valence electrons. The summed E-state index contributed by atoms with van der Waals surface area (Å²) in [7, 11) is 3.87. The fourth-order valence-corrected chi connectivity index (χ4v) is 2.76. The van der Waals surface area contributed by atoms with Crippen LogP contribution in [0.5, 0.6) is 0 Å². The van der Waals surface area contributed by atoms with Gasteiger partial charge in [0.1, 0.15) is 0 Å². The van der Waals surface area contributed by atoms with Crippen LogP contribution in [0.25, 0.3) is 0 Å². The zero-order valence-corrected chi connectivity index (χ0v) is 16.0. The summed E-state index contributed by atoms with van der Waals surface area (Å²) in [6.45, 7) is 0.345. The van der Waals surface area contributed by atoms with Crippen LogP contribution in [0, 0.1) is 0 Å². The molecule has 0 atom stereocenters. The summed E-state index contributed by atoms with van der Waals surface area (Å²) in [6.07, 6.45) is 0. The van der Waals surface area contributed by atoms with Crippen molar-refractivity contribution in [2.75, 3.05) is 24.3 Å². The van der Waals surface area contributed by atoms with E-state index in [1.165, 1.54) is 0 Å². The zero-order chi connectivity index (χ0) is 19.9. The molecule has 0 unspecified atom stereocenters. The minimum atomic E-state index is -0.182. The molecule has 2 N–H and O–H groups in total. The molecule has 0 spiro atoms. The van der Waals surface area contributed by atoms with E-state index in [0.717, 1.165) is 16.9 Å². The molecule has 28 heavy (non-hydrogen) atoms. The van der Waals surface area contributed by atoms with Crippen molar-refractivity contribution in [2.45, 2.75) is 6.54 Å². The Kier molecular flexibility index (Phi) is 6.07. The van der Waals surface area contributed by atoms with Gasteiger partial charge in [0.05, 0.1) is 0 Å². The molecule has 5 heteroatoms. The minimum absolute atomic E-state index is 0.150. The molecule has 0 radical (unpaired) electrons. The molecule has 0 aliphatic rings. The number of hydrogen-bond acceptors (Lipinski definition) is 3. The first kappa shape index (κ1) is 19.2. The minimum Gasteiger partial charge on any atom is -0.378 e. The number of benzene rings is 3. The van der Waals surface area contributed by atoms with E-state index in [4.69, 9.17) is 0 Å². The highest BCUT2D eigenvalue weighted by molar-refractivity contribution is 6.04. The van der Waals surface area contributed by atoms with E-state index < -0.39 is 0 Å². The molecule has 0 aromatic heterocycles. The Morgan fingerprint density at radius 1 is 0.786 bits per heavy atom. The maximum atomic E-state index is 12.4. The molecule has 0 bridgehead atoms. The number of para-hydroxylation sites is 1.